The van der Waals surface area contributed by atoms with Crippen molar-refractivity contribution in [2.45, 2.75) is 18.8 Å². The molecule has 0 spiro atoms. The minimum absolute atomic E-state index is 0.0746. The van der Waals surface area contributed by atoms with E-state index in [0.717, 1.165) is 12.1 Å². The summed E-state index contributed by atoms with van der Waals surface area (Å²) >= 11 is 1.51. The lowest BCUT2D eigenvalue weighted by Crippen LogP contribution is -2.44. The standard InChI is InChI=1S/C17H17F3N2O4S/c1-27-10-8-13(22-16(24)14-3-2-9-25-14)15(23)21-11-4-6-12(7-5-11)26-17(18,19)20/h2-7,9,13H,8,10H2,1H3,(H,21,23)(H,22,24). The van der Waals surface area contributed by atoms with Gasteiger partial charge in [0.1, 0.15) is 11.8 Å². The van der Waals surface area contributed by atoms with Crippen LogP contribution < -0.4 is 15.4 Å². The molecule has 27 heavy (non-hydrogen) atoms. The predicted octanol–water partition coefficient (Wildman–Crippen LogP) is 3.67. The zero-order chi connectivity index (χ0) is 19.9. The smallest absolute Gasteiger partial charge is 0.459 e. The van der Waals surface area contributed by atoms with Gasteiger partial charge >= 0.3 is 6.36 Å². The maximum atomic E-state index is 12.5. The second-order valence-electron chi connectivity index (χ2n) is 5.35. The monoisotopic (exact) mass is 402 g/mol. The van der Waals surface area contributed by atoms with Crippen LogP contribution >= 0.6 is 11.8 Å². The van der Waals surface area contributed by atoms with Gasteiger partial charge in [0.2, 0.25) is 5.91 Å². The Balaban J connectivity index is 2.01. The molecule has 1 atom stereocenters. The normalized spacial score (nSPS) is 12.3. The van der Waals surface area contributed by atoms with Crippen LogP contribution in [-0.4, -0.2) is 36.2 Å². The maximum Gasteiger partial charge on any atom is 0.573 e. The summed E-state index contributed by atoms with van der Waals surface area (Å²) in [6.45, 7) is 0. The van der Waals surface area contributed by atoms with Crippen LogP contribution in [0.1, 0.15) is 17.0 Å². The second kappa shape index (κ2) is 9.36. The van der Waals surface area contributed by atoms with Crippen molar-refractivity contribution in [2.75, 3.05) is 17.3 Å². The van der Waals surface area contributed by atoms with Crippen LogP contribution in [-0.2, 0) is 4.79 Å². The van der Waals surface area contributed by atoms with Crippen molar-refractivity contribution in [3.05, 3.63) is 48.4 Å². The molecule has 0 saturated carbocycles. The minimum atomic E-state index is -4.79. The molecule has 1 aromatic carbocycles. The van der Waals surface area contributed by atoms with Crippen LogP contribution in [0.4, 0.5) is 18.9 Å². The fourth-order valence-corrected chi connectivity index (χ4v) is 2.58. The summed E-state index contributed by atoms with van der Waals surface area (Å²) in [5, 5.41) is 5.15. The lowest BCUT2D eigenvalue weighted by molar-refractivity contribution is -0.274. The highest BCUT2D eigenvalue weighted by Crippen LogP contribution is 2.24. The van der Waals surface area contributed by atoms with E-state index in [4.69, 9.17) is 4.42 Å². The number of hydrogen-bond donors (Lipinski definition) is 2. The third-order valence-corrected chi connectivity index (χ3v) is 3.98. The number of rotatable bonds is 8. The van der Waals surface area contributed by atoms with E-state index < -0.39 is 30.0 Å². The van der Waals surface area contributed by atoms with Gasteiger partial charge in [-0.3, -0.25) is 9.59 Å². The summed E-state index contributed by atoms with van der Waals surface area (Å²) < 4.78 is 45.3. The molecule has 0 bridgehead atoms. The molecule has 0 aliphatic carbocycles. The number of carbonyl (C=O) groups excluding carboxylic acids is 2. The molecule has 1 aromatic heterocycles. The molecular weight excluding hydrogens is 385 g/mol. The zero-order valence-electron chi connectivity index (χ0n) is 14.2. The van der Waals surface area contributed by atoms with Crippen molar-refractivity contribution >= 4 is 29.3 Å². The van der Waals surface area contributed by atoms with Crippen LogP contribution in [0, 0.1) is 0 Å². The molecule has 1 unspecified atom stereocenters. The maximum absolute atomic E-state index is 12.5. The molecule has 146 valence electrons. The van der Waals surface area contributed by atoms with Gasteiger partial charge in [0.25, 0.3) is 5.91 Å². The minimum Gasteiger partial charge on any atom is -0.459 e. The molecule has 10 heteroatoms. The van der Waals surface area contributed by atoms with E-state index in [-0.39, 0.29) is 11.4 Å². The number of hydrogen-bond acceptors (Lipinski definition) is 5. The molecule has 0 saturated heterocycles. The molecule has 2 amide bonds. The summed E-state index contributed by atoms with van der Waals surface area (Å²) in [7, 11) is 0. The SMILES string of the molecule is CSCCC(NC(=O)c1ccco1)C(=O)Nc1ccc(OC(F)(F)F)cc1. The van der Waals surface area contributed by atoms with Gasteiger partial charge in [0, 0.05) is 5.69 Å². The lowest BCUT2D eigenvalue weighted by Gasteiger charge is -2.18. The highest BCUT2D eigenvalue weighted by Gasteiger charge is 2.31. The van der Waals surface area contributed by atoms with Crippen molar-refractivity contribution in [3.63, 3.8) is 0 Å². The molecule has 6 nitrogen and oxygen atoms in total. The molecule has 0 radical (unpaired) electrons. The van der Waals surface area contributed by atoms with E-state index in [2.05, 4.69) is 15.4 Å². The van der Waals surface area contributed by atoms with Crippen molar-refractivity contribution in [1.29, 1.82) is 0 Å². The lowest BCUT2D eigenvalue weighted by atomic mass is 10.2. The molecule has 0 aliphatic heterocycles. The third kappa shape index (κ3) is 6.89. The average molecular weight is 402 g/mol. The average Bonchev–Trinajstić information content (AvgIpc) is 3.13. The molecule has 1 heterocycles. The highest BCUT2D eigenvalue weighted by atomic mass is 32.2. The third-order valence-electron chi connectivity index (χ3n) is 3.33. The summed E-state index contributed by atoms with van der Waals surface area (Å²) in [4.78, 5) is 24.6. The first-order valence-corrected chi connectivity index (χ1v) is 9.18. The van der Waals surface area contributed by atoms with E-state index in [1.807, 2.05) is 6.26 Å². The Morgan fingerprint density at radius 3 is 2.48 bits per heavy atom. The molecular formula is C17H17F3N2O4S. The van der Waals surface area contributed by atoms with Gasteiger partial charge in [0.15, 0.2) is 5.76 Å². The second-order valence-corrected chi connectivity index (χ2v) is 6.33. The van der Waals surface area contributed by atoms with E-state index in [9.17, 15) is 22.8 Å². The molecule has 0 fully saturated rings. The fourth-order valence-electron chi connectivity index (χ4n) is 2.11. The van der Waals surface area contributed by atoms with E-state index >= 15 is 0 Å². The van der Waals surface area contributed by atoms with Crippen molar-refractivity contribution in [1.82, 2.24) is 5.32 Å². The largest absolute Gasteiger partial charge is 0.573 e. The van der Waals surface area contributed by atoms with E-state index in [1.165, 1.54) is 36.2 Å². The number of thioether (sulfide) groups is 1. The summed E-state index contributed by atoms with van der Waals surface area (Å²) in [5.41, 5.74) is 0.274. The number of benzene rings is 1. The molecule has 0 aliphatic rings. The van der Waals surface area contributed by atoms with E-state index in [1.54, 1.807) is 6.07 Å². The number of carbonyl (C=O) groups is 2. The Bertz CT molecular complexity index is 749. The summed E-state index contributed by atoms with van der Waals surface area (Å²) in [5.74, 6) is -0.728. The van der Waals surface area contributed by atoms with Crippen molar-refractivity contribution in [3.8, 4) is 5.75 Å². The topological polar surface area (TPSA) is 80.6 Å². The first kappa shape index (κ1) is 20.7. The van der Waals surface area contributed by atoms with Crippen LogP contribution in [0.3, 0.4) is 0 Å². The Labute approximate surface area is 157 Å². The number of halogens is 3. The van der Waals surface area contributed by atoms with Crippen LogP contribution in [0.2, 0.25) is 0 Å². The number of nitrogens with one attached hydrogen (secondary N) is 2. The number of anilines is 1. The van der Waals surface area contributed by atoms with Gasteiger partial charge in [-0.1, -0.05) is 0 Å². The predicted molar refractivity (Wildman–Crippen MR) is 94.7 cm³/mol. The molecule has 2 rings (SSSR count). The quantitative estimate of drug-likeness (QED) is 0.704. The number of furan rings is 1. The van der Waals surface area contributed by atoms with Crippen LogP contribution in [0.25, 0.3) is 0 Å². The van der Waals surface area contributed by atoms with Crippen LogP contribution in [0.5, 0.6) is 5.75 Å². The van der Waals surface area contributed by atoms with Gasteiger partial charge in [-0.05, 0) is 54.8 Å². The first-order valence-electron chi connectivity index (χ1n) is 7.78. The Hall–Kier alpha value is -2.62. The highest BCUT2D eigenvalue weighted by molar-refractivity contribution is 7.98. The van der Waals surface area contributed by atoms with Gasteiger partial charge in [-0.25, -0.2) is 0 Å². The van der Waals surface area contributed by atoms with E-state index in [0.29, 0.717) is 12.2 Å². The number of ether oxygens (including phenoxy) is 1. The van der Waals surface area contributed by atoms with Gasteiger partial charge in [-0.2, -0.15) is 11.8 Å². The Morgan fingerprint density at radius 2 is 1.93 bits per heavy atom. The van der Waals surface area contributed by atoms with Crippen LogP contribution in [0.15, 0.2) is 47.1 Å². The van der Waals surface area contributed by atoms with Gasteiger partial charge in [-0.15, -0.1) is 13.2 Å². The number of amides is 2. The Morgan fingerprint density at radius 1 is 1.22 bits per heavy atom. The zero-order valence-corrected chi connectivity index (χ0v) is 15.0. The van der Waals surface area contributed by atoms with Crippen molar-refractivity contribution in [2.24, 2.45) is 0 Å². The van der Waals surface area contributed by atoms with Gasteiger partial charge < -0.3 is 19.8 Å². The first-order chi connectivity index (χ1) is 12.8. The summed E-state index contributed by atoms with van der Waals surface area (Å²) in [6.07, 6.45) is -1.21. The molecule has 2 aromatic rings. The number of alkyl halides is 3. The summed E-state index contributed by atoms with van der Waals surface area (Å²) in [6, 6.07) is 6.91. The Kier molecular flexibility index (Phi) is 7.17. The molecule has 2 N–H and O–H groups in total. The fraction of sp³-hybridized carbons (Fsp3) is 0.294. The van der Waals surface area contributed by atoms with Gasteiger partial charge in [0.05, 0.1) is 6.26 Å². The van der Waals surface area contributed by atoms with Crippen molar-refractivity contribution < 1.29 is 31.9 Å².